The number of pyridine rings is 1. The third kappa shape index (κ3) is 5.20. The summed E-state index contributed by atoms with van der Waals surface area (Å²) < 4.78 is 28.6. The minimum atomic E-state index is -3.86. The van der Waals surface area contributed by atoms with Gasteiger partial charge in [0.25, 0.3) is 15.9 Å². The maximum absolute atomic E-state index is 13.0. The number of piperidine rings is 1. The number of fused-ring (bicyclic) bond motifs is 1. The maximum atomic E-state index is 13.0. The summed E-state index contributed by atoms with van der Waals surface area (Å²) in [5.74, 6) is -0.121. The molecule has 5 rings (SSSR count). The summed E-state index contributed by atoms with van der Waals surface area (Å²) in [6, 6.07) is 15.0. The van der Waals surface area contributed by atoms with E-state index in [2.05, 4.69) is 21.9 Å². The molecule has 0 radical (unpaired) electrons. The fourth-order valence-electron chi connectivity index (χ4n) is 4.89. The van der Waals surface area contributed by atoms with Gasteiger partial charge in [-0.2, -0.15) is 0 Å². The summed E-state index contributed by atoms with van der Waals surface area (Å²) >= 11 is 0. The van der Waals surface area contributed by atoms with E-state index in [0.29, 0.717) is 49.1 Å². The summed E-state index contributed by atoms with van der Waals surface area (Å²) in [4.78, 5) is 19.1. The molecule has 2 N–H and O–H groups in total. The van der Waals surface area contributed by atoms with Crippen molar-refractivity contribution in [2.45, 2.75) is 42.6 Å². The monoisotopic (exact) mass is 503 g/mol. The molecule has 0 atom stereocenters. The summed E-state index contributed by atoms with van der Waals surface area (Å²) in [7, 11) is -3.86. The number of rotatable bonds is 6. The molecule has 2 aliphatic rings. The van der Waals surface area contributed by atoms with Gasteiger partial charge in [0.1, 0.15) is 4.90 Å². The van der Waals surface area contributed by atoms with Crippen molar-refractivity contribution >= 4 is 32.5 Å². The molecule has 2 heterocycles. The van der Waals surface area contributed by atoms with Crippen molar-refractivity contribution in [1.82, 2.24) is 9.88 Å². The molecule has 1 amide bonds. The van der Waals surface area contributed by atoms with Crippen molar-refractivity contribution in [2.24, 2.45) is 0 Å². The van der Waals surface area contributed by atoms with Gasteiger partial charge in [-0.05, 0) is 68.5 Å². The molecule has 8 heteroatoms. The number of anilines is 1. The lowest BCUT2D eigenvalue weighted by molar-refractivity contribution is -0.0166. The smallest absolute Gasteiger partial charge is 0.264 e. The molecule has 1 saturated heterocycles. The molecule has 0 unspecified atom stereocenters. The van der Waals surface area contributed by atoms with Crippen LogP contribution in [0.4, 0.5) is 5.69 Å². The van der Waals surface area contributed by atoms with Gasteiger partial charge >= 0.3 is 0 Å². The fraction of sp³-hybridized carbons (Fsp3) is 0.286. The number of aromatic nitrogens is 1. The van der Waals surface area contributed by atoms with Gasteiger partial charge in [-0.1, -0.05) is 42.0 Å². The molecule has 3 aromatic rings. The number of hydrogen-bond donors (Lipinski definition) is 2. The topological polar surface area (TPSA) is 99.6 Å². The molecule has 1 aliphatic carbocycles. The van der Waals surface area contributed by atoms with Crippen LogP contribution in [0.15, 0.2) is 89.5 Å². The molecule has 0 saturated carbocycles. The first-order valence-electron chi connectivity index (χ1n) is 12.2. The van der Waals surface area contributed by atoms with Crippen LogP contribution in [0.25, 0.3) is 10.9 Å². The van der Waals surface area contributed by atoms with Gasteiger partial charge in [0.05, 0.1) is 11.1 Å². The van der Waals surface area contributed by atoms with Gasteiger partial charge in [-0.3, -0.25) is 14.5 Å². The number of carbonyl (C=O) groups excluding carboxylic acids is 1. The Morgan fingerprint density at radius 3 is 2.53 bits per heavy atom. The molecule has 1 aliphatic heterocycles. The largest absolute Gasteiger partial charge is 0.389 e. The van der Waals surface area contributed by atoms with Crippen LogP contribution < -0.4 is 4.72 Å². The molecular weight excluding hydrogens is 474 g/mol. The Morgan fingerprint density at radius 1 is 1.06 bits per heavy atom. The Balaban J connectivity index is 1.23. The summed E-state index contributed by atoms with van der Waals surface area (Å²) in [6.45, 7) is 0.974. The molecular formula is C28H29N3O4S. The number of nitrogens with zero attached hydrogens (tertiary/aromatic N) is 2. The lowest BCUT2D eigenvalue weighted by Crippen LogP contribution is -2.46. The van der Waals surface area contributed by atoms with Crippen LogP contribution in [0.3, 0.4) is 0 Å². The average molecular weight is 504 g/mol. The van der Waals surface area contributed by atoms with E-state index < -0.39 is 15.6 Å². The van der Waals surface area contributed by atoms with E-state index in [1.165, 1.54) is 11.6 Å². The lowest BCUT2D eigenvalue weighted by Gasteiger charge is -2.39. The Kier molecular flexibility index (Phi) is 6.64. The molecule has 7 nitrogen and oxygen atoms in total. The Bertz CT molecular complexity index is 1430. The van der Waals surface area contributed by atoms with Crippen LogP contribution in [0.5, 0.6) is 0 Å². The van der Waals surface area contributed by atoms with Crippen LogP contribution in [0, 0.1) is 0 Å². The molecule has 186 valence electrons. The highest BCUT2D eigenvalue weighted by atomic mass is 32.2. The van der Waals surface area contributed by atoms with Crippen LogP contribution in [0.1, 0.15) is 42.5 Å². The van der Waals surface area contributed by atoms with Gasteiger partial charge in [-0.25, -0.2) is 8.42 Å². The average Bonchev–Trinajstić information content (AvgIpc) is 2.89. The predicted octanol–water partition coefficient (Wildman–Crippen LogP) is 4.67. The molecule has 0 bridgehead atoms. The quantitative estimate of drug-likeness (QED) is 0.509. The first kappa shape index (κ1) is 24.2. The zero-order valence-corrected chi connectivity index (χ0v) is 20.7. The number of hydrogen-bond acceptors (Lipinski definition) is 5. The Labute approximate surface area is 211 Å². The van der Waals surface area contributed by atoms with Crippen LogP contribution in [0.2, 0.25) is 0 Å². The first-order valence-corrected chi connectivity index (χ1v) is 13.6. The summed E-state index contributed by atoms with van der Waals surface area (Å²) in [5, 5.41) is 11.8. The third-order valence-corrected chi connectivity index (χ3v) is 8.32. The summed E-state index contributed by atoms with van der Waals surface area (Å²) in [6.07, 6.45) is 11.6. The highest BCUT2D eigenvalue weighted by Gasteiger charge is 2.34. The highest BCUT2D eigenvalue weighted by molar-refractivity contribution is 7.93. The second kappa shape index (κ2) is 9.87. The van der Waals surface area contributed by atoms with Crippen LogP contribution >= 0.6 is 0 Å². The van der Waals surface area contributed by atoms with Crippen LogP contribution in [-0.4, -0.2) is 48.0 Å². The molecule has 36 heavy (non-hydrogen) atoms. The highest BCUT2D eigenvalue weighted by Crippen LogP contribution is 2.32. The zero-order chi connectivity index (χ0) is 25.2. The number of benzene rings is 2. The summed E-state index contributed by atoms with van der Waals surface area (Å²) in [5.41, 5.74) is 1.74. The third-order valence-electron chi connectivity index (χ3n) is 6.91. The number of allylic oxidation sites excluding steroid dienone is 3. The lowest BCUT2D eigenvalue weighted by atomic mass is 9.83. The van der Waals surface area contributed by atoms with Crippen molar-refractivity contribution in [2.75, 3.05) is 17.8 Å². The number of sulfonamides is 1. The predicted molar refractivity (Wildman–Crippen MR) is 140 cm³/mol. The number of nitrogens with one attached hydrogen (secondary N) is 1. The molecule has 2 aromatic carbocycles. The normalized spacial score (nSPS) is 17.6. The van der Waals surface area contributed by atoms with Gasteiger partial charge in [0.2, 0.25) is 0 Å². The standard InChI is InChI=1S/C28H29N3O4S/c32-27(31-18-15-28(33,16-19-31)20-21-6-2-1-3-7-21)23-11-13-24(14-12-23)30-36(34,35)25-10-4-8-22-9-5-17-29-26(22)25/h1-2,4-6,8-14,17,30,33H,3,7,15-16,18-20H2. The SMILES string of the molecule is O=C(c1ccc(NS(=O)(=O)c2cccc3cccnc23)cc1)N1CCC(O)(CC2=CC=CCC2)CC1. The van der Waals surface area contributed by atoms with Crippen molar-refractivity contribution in [3.8, 4) is 0 Å². The second-order valence-electron chi connectivity index (χ2n) is 9.50. The van der Waals surface area contributed by atoms with Gasteiger partial charge in [0, 0.05) is 35.9 Å². The van der Waals surface area contributed by atoms with Crippen LogP contribution in [-0.2, 0) is 10.0 Å². The van der Waals surface area contributed by atoms with Crippen molar-refractivity contribution in [1.29, 1.82) is 0 Å². The van der Waals surface area contributed by atoms with E-state index in [0.717, 1.165) is 18.2 Å². The van der Waals surface area contributed by atoms with Crippen molar-refractivity contribution in [3.63, 3.8) is 0 Å². The van der Waals surface area contributed by atoms with Crippen molar-refractivity contribution < 1.29 is 18.3 Å². The van der Waals surface area contributed by atoms with Gasteiger partial charge in [0.15, 0.2) is 0 Å². The maximum Gasteiger partial charge on any atom is 0.264 e. The van der Waals surface area contributed by atoms with Crippen molar-refractivity contribution in [3.05, 3.63) is 90.2 Å². The second-order valence-corrected chi connectivity index (χ2v) is 11.2. The van der Waals surface area contributed by atoms with E-state index in [1.54, 1.807) is 47.5 Å². The van der Waals surface area contributed by atoms with E-state index in [4.69, 9.17) is 0 Å². The van der Waals surface area contributed by atoms with E-state index >= 15 is 0 Å². The fourth-order valence-corrected chi connectivity index (χ4v) is 6.13. The zero-order valence-electron chi connectivity index (χ0n) is 19.9. The first-order chi connectivity index (χ1) is 17.3. The minimum Gasteiger partial charge on any atom is -0.389 e. The minimum absolute atomic E-state index is 0.0987. The molecule has 0 spiro atoms. The molecule has 1 aromatic heterocycles. The van der Waals surface area contributed by atoms with Gasteiger partial charge < -0.3 is 10.0 Å². The van der Waals surface area contributed by atoms with E-state index in [9.17, 15) is 18.3 Å². The Morgan fingerprint density at radius 2 is 1.81 bits per heavy atom. The van der Waals surface area contributed by atoms with Gasteiger partial charge in [-0.15, -0.1) is 0 Å². The number of likely N-dealkylation sites (tertiary alicyclic amines) is 1. The number of aliphatic hydroxyl groups is 1. The number of carbonyl (C=O) groups is 1. The Hall–Kier alpha value is -3.49. The number of para-hydroxylation sites is 1. The number of amides is 1. The van der Waals surface area contributed by atoms with E-state index in [1.807, 2.05) is 18.2 Å². The molecule has 1 fully saturated rings. The van der Waals surface area contributed by atoms with E-state index in [-0.39, 0.29) is 10.8 Å².